The number of rotatable bonds is 3. The van der Waals surface area contributed by atoms with Crippen LogP contribution in [0.4, 0.5) is 24.0 Å². The molecule has 1 heterocycles. The summed E-state index contributed by atoms with van der Waals surface area (Å²) in [6.45, 7) is 1.87. The highest BCUT2D eigenvalue weighted by Crippen LogP contribution is 2.35. The number of nitrogens with zero attached hydrogens (tertiary/aromatic N) is 2. The van der Waals surface area contributed by atoms with E-state index in [1.807, 2.05) is 6.92 Å². The summed E-state index contributed by atoms with van der Waals surface area (Å²) < 4.78 is 38.2. The third-order valence-corrected chi connectivity index (χ3v) is 3.63. The van der Waals surface area contributed by atoms with Gasteiger partial charge in [-0.25, -0.2) is 0 Å². The Labute approximate surface area is 122 Å². The van der Waals surface area contributed by atoms with E-state index >= 15 is 0 Å². The maximum Gasteiger partial charge on any atom is 0.418 e. The van der Waals surface area contributed by atoms with Gasteiger partial charge in [-0.05, 0) is 18.6 Å². The van der Waals surface area contributed by atoms with Crippen molar-refractivity contribution in [3.63, 3.8) is 0 Å². The lowest BCUT2D eigenvalue weighted by molar-refractivity contribution is -0.136. The summed E-state index contributed by atoms with van der Waals surface area (Å²) in [7, 11) is 0. The number of aryl methyl sites for hydroxylation is 1. The van der Waals surface area contributed by atoms with Crippen molar-refractivity contribution in [1.82, 2.24) is 10.2 Å². The van der Waals surface area contributed by atoms with Crippen LogP contribution in [-0.2, 0) is 12.6 Å². The van der Waals surface area contributed by atoms with Crippen molar-refractivity contribution in [2.45, 2.75) is 19.5 Å². The summed E-state index contributed by atoms with van der Waals surface area (Å²) in [5, 5.41) is 10.8. The Balaban J connectivity index is 2.27. The molecular weight excluding hydrogens is 305 g/mol. The predicted octanol–water partition coefficient (Wildman–Crippen LogP) is 2.95. The van der Waals surface area contributed by atoms with Crippen molar-refractivity contribution < 1.29 is 18.0 Å². The van der Waals surface area contributed by atoms with Gasteiger partial charge in [0.2, 0.25) is 5.13 Å². The zero-order valence-corrected chi connectivity index (χ0v) is 11.7. The van der Waals surface area contributed by atoms with E-state index in [4.69, 9.17) is 5.73 Å². The van der Waals surface area contributed by atoms with E-state index in [0.29, 0.717) is 11.4 Å². The minimum Gasteiger partial charge on any atom is -0.398 e. The van der Waals surface area contributed by atoms with E-state index < -0.39 is 23.3 Å². The molecule has 0 aliphatic rings. The van der Waals surface area contributed by atoms with E-state index in [1.165, 1.54) is 6.07 Å². The molecule has 0 bridgehead atoms. The average molecular weight is 316 g/mol. The summed E-state index contributed by atoms with van der Waals surface area (Å²) in [4.78, 5) is 12.0. The SMILES string of the molecule is CCc1nnc(NC(=O)c2cccc(C(F)(F)F)c2N)s1. The zero-order valence-electron chi connectivity index (χ0n) is 10.9. The van der Waals surface area contributed by atoms with E-state index in [0.717, 1.165) is 23.5 Å². The molecule has 0 saturated carbocycles. The number of amides is 1. The van der Waals surface area contributed by atoms with Gasteiger partial charge in [-0.1, -0.05) is 24.3 Å². The van der Waals surface area contributed by atoms with E-state index in [9.17, 15) is 18.0 Å². The van der Waals surface area contributed by atoms with Gasteiger partial charge in [0.25, 0.3) is 5.91 Å². The summed E-state index contributed by atoms with van der Waals surface area (Å²) in [5.41, 5.74) is 3.54. The number of carbonyl (C=O) groups excluding carboxylic acids is 1. The Kier molecular flexibility index (Phi) is 4.12. The molecule has 3 N–H and O–H groups in total. The standard InChI is InChI=1S/C12H11F3N4OS/c1-2-8-18-19-11(21-8)17-10(20)6-4-3-5-7(9(6)16)12(13,14)15/h3-5H,2,16H2,1H3,(H,17,19,20). The first-order valence-corrected chi connectivity index (χ1v) is 6.74. The lowest BCUT2D eigenvalue weighted by atomic mass is 10.1. The molecule has 0 spiro atoms. The molecule has 9 heteroatoms. The molecule has 5 nitrogen and oxygen atoms in total. The number of halogens is 3. The van der Waals surface area contributed by atoms with Crippen LogP contribution in [0, 0.1) is 0 Å². The molecule has 0 radical (unpaired) electrons. The quantitative estimate of drug-likeness (QED) is 0.853. The number of nitrogens with one attached hydrogen (secondary N) is 1. The molecule has 0 unspecified atom stereocenters. The lowest BCUT2D eigenvalue weighted by Crippen LogP contribution is -2.17. The highest BCUT2D eigenvalue weighted by Gasteiger charge is 2.34. The molecule has 2 aromatic rings. The Morgan fingerprint density at radius 3 is 2.67 bits per heavy atom. The average Bonchev–Trinajstić information content (AvgIpc) is 2.85. The van der Waals surface area contributed by atoms with Crippen LogP contribution in [-0.4, -0.2) is 16.1 Å². The zero-order chi connectivity index (χ0) is 15.6. The third-order valence-electron chi connectivity index (χ3n) is 2.65. The van der Waals surface area contributed by atoms with Gasteiger partial charge in [0.1, 0.15) is 5.01 Å². The van der Waals surface area contributed by atoms with Gasteiger partial charge in [-0.2, -0.15) is 13.2 Å². The monoisotopic (exact) mass is 316 g/mol. The minimum absolute atomic E-state index is 0.216. The molecule has 1 aromatic heterocycles. The van der Waals surface area contributed by atoms with Crippen LogP contribution in [0.2, 0.25) is 0 Å². The van der Waals surface area contributed by atoms with E-state index in [-0.39, 0.29) is 10.7 Å². The summed E-state index contributed by atoms with van der Waals surface area (Å²) in [6, 6.07) is 3.18. The van der Waals surface area contributed by atoms with Gasteiger partial charge in [-0.15, -0.1) is 10.2 Å². The van der Waals surface area contributed by atoms with Crippen molar-refractivity contribution >= 4 is 28.1 Å². The first-order valence-electron chi connectivity index (χ1n) is 5.92. The van der Waals surface area contributed by atoms with Gasteiger partial charge >= 0.3 is 6.18 Å². The lowest BCUT2D eigenvalue weighted by Gasteiger charge is -2.12. The van der Waals surface area contributed by atoms with Crippen molar-refractivity contribution in [2.24, 2.45) is 0 Å². The molecule has 2 rings (SSSR count). The Morgan fingerprint density at radius 1 is 1.38 bits per heavy atom. The third kappa shape index (κ3) is 3.30. The fourth-order valence-electron chi connectivity index (χ4n) is 1.62. The molecule has 0 saturated heterocycles. The Hall–Kier alpha value is -2.16. The van der Waals surface area contributed by atoms with Crippen molar-refractivity contribution in [3.8, 4) is 0 Å². The topological polar surface area (TPSA) is 80.9 Å². The van der Waals surface area contributed by atoms with Crippen molar-refractivity contribution in [3.05, 3.63) is 34.3 Å². The maximum absolute atomic E-state index is 12.7. The van der Waals surface area contributed by atoms with Crippen LogP contribution in [0.25, 0.3) is 0 Å². The number of nitrogens with two attached hydrogens (primary N) is 1. The number of anilines is 2. The summed E-state index contributed by atoms with van der Waals surface area (Å²) in [6.07, 6.45) is -3.96. The molecule has 0 atom stereocenters. The number of para-hydroxylation sites is 1. The Bertz CT molecular complexity index is 669. The molecule has 21 heavy (non-hydrogen) atoms. The minimum atomic E-state index is -4.61. The molecule has 0 fully saturated rings. The van der Waals surface area contributed by atoms with Gasteiger partial charge < -0.3 is 5.73 Å². The number of aromatic nitrogens is 2. The fraction of sp³-hybridized carbons (Fsp3) is 0.250. The number of carbonyl (C=O) groups is 1. The van der Waals surface area contributed by atoms with Crippen LogP contribution in [0.1, 0.15) is 27.9 Å². The molecule has 112 valence electrons. The van der Waals surface area contributed by atoms with Crippen molar-refractivity contribution in [1.29, 1.82) is 0 Å². The highest BCUT2D eigenvalue weighted by molar-refractivity contribution is 7.15. The van der Waals surface area contributed by atoms with E-state index in [2.05, 4.69) is 15.5 Å². The summed E-state index contributed by atoms with van der Waals surface area (Å²) >= 11 is 1.15. The fourth-order valence-corrected chi connectivity index (χ4v) is 2.30. The number of benzene rings is 1. The van der Waals surface area contributed by atoms with E-state index in [1.54, 1.807) is 0 Å². The number of nitrogen functional groups attached to an aromatic ring is 1. The second kappa shape index (κ2) is 5.68. The molecule has 0 aliphatic carbocycles. The molecule has 1 aromatic carbocycles. The number of alkyl halides is 3. The normalized spacial score (nSPS) is 11.4. The first kappa shape index (κ1) is 15.2. The van der Waals surface area contributed by atoms with Gasteiger partial charge in [0.05, 0.1) is 16.8 Å². The van der Waals surface area contributed by atoms with Gasteiger partial charge in [-0.3, -0.25) is 10.1 Å². The highest BCUT2D eigenvalue weighted by atomic mass is 32.1. The van der Waals surface area contributed by atoms with Gasteiger partial charge in [0.15, 0.2) is 0 Å². The van der Waals surface area contributed by atoms with Crippen LogP contribution >= 0.6 is 11.3 Å². The number of hydrogen-bond acceptors (Lipinski definition) is 5. The van der Waals surface area contributed by atoms with Crippen LogP contribution < -0.4 is 11.1 Å². The van der Waals surface area contributed by atoms with Crippen LogP contribution in [0.15, 0.2) is 18.2 Å². The van der Waals surface area contributed by atoms with Gasteiger partial charge in [0, 0.05) is 0 Å². The molecule has 1 amide bonds. The summed E-state index contributed by atoms with van der Waals surface area (Å²) in [5.74, 6) is -0.752. The number of hydrogen-bond donors (Lipinski definition) is 2. The maximum atomic E-state index is 12.7. The molecule has 0 aliphatic heterocycles. The van der Waals surface area contributed by atoms with Crippen LogP contribution in [0.5, 0.6) is 0 Å². The second-order valence-electron chi connectivity index (χ2n) is 4.07. The largest absolute Gasteiger partial charge is 0.418 e. The predicted molar refractivity (Wildman–Crippen MR) is 73.1 cm³/mol. The van der Waals surface area contributed by atoms with Crippen molar-refractivity contribution in [2.75, 3.05) is 11.1 Å². The molecular formula is C12H11F3N4OS. The second-order valence-corrected chi connectivity index (χ2v) is 5.14. The Morgan fingerprint density at radius 2 is 2.10 bits per heavy atom. The smallest absolute Gasteiger partial charge is 0.398 e. The van der Waals surface area contributed by atoms with Crippen LogP contribution in [0.3, 0.4) is 0 Å². The first-order chi connectivity index (χ1) is 9.82.